The van der Waals surface area contributed by atoms with Gasteiger partial charge < -0.3 is 5.32 Å². The van der Waals surface area contributed by atoms with Gasteiger partial charge in [0.25, 0.3) is 0 Å². The van der Waals surface area contributed by atoms with Crippen LogP contribution in [0.1, 0.15) is 37.5 Å². The summed E-state index contributed by atoms with van der Waals surface area (Å²) in [5, 5.41) is 12.8. The van der Waals surface area contributed by atoms with Crippen LogP contribution in [-0.2, 0) is 12.8 Å². The highest BCUT2D eigenvalue weighted by Crippen LogP contribution is 2.27. The zero-order valence-corrected chi connectivity index (χ0v) is 10.9. The summed E-state index contributed by atoms with van der Waals surface area (Å²) in [4.78, 5) is 0. The fourth-order valence-electron chi connectivity index (χ4n) is 2.50. The fourth-order valence-corrected chi connectivity index (χ4v) is 2.50. The summed E-state index contributed by atoms with van der Waals surface area (Å²) in [5.74, 6) is 0. The lowest BCUT2D eigenvalue weighted by molar-refractivity contribution is 0.272. The van der Waals surface area contributed by atoms with E-state index in [0.717, 1.165) is 24.9 Å². The third kappa shape index (κ3) is 2.50. The van der Waals surface area contributed by atoms with E-state index in [9.17, 15) is 0 Å². The maximum absolute atomic E-state index is 9.14. The number of benzene rings is 1. The van der Waals surface area contributed by atoms with Gasteiger partial charge in [0.15, 0.2) is 0 Å². The van der Waals surface area contributed by atoms with Gasteiger partial charge in [-0.1, -0.05) is 32.9 Å². The predicted molar refractivity (Wildman–Crippen MR) is 69.8 cm³/mol. The Hall–Kier alpha value is -1.33. The van der Waals surface area contributed by atoms with Crippen molar-refractivity contribution < 1.29 is 0 Å². The van der Waals surface area contributed by atoms with Crippen LogP contribution >= 0.6 is 0 Å². The Morgan fingerprint density at radius 1 is 1.35 bits per heavy atom. The van der Waals surface area contributed by atoms with Crippen LogP contribution in [-0.4, -0.2) is 12.6 Å². The van der Waals surface area contributed by atoms with Crippen molar-refractivity contribution >= 4 is 0 Å². The van der Waals surface area contributed by atoms with E-state index >= 15 is 0 Å². The third-order valence-electron chi connectivity index (χ3n) is 3.63. The SMILES string of the molecule is CC(C)(C)C1Cc2cccc(C#N)c2CCN1. The van der Waals surface area contributed by atoms with Gasteiger partial charge >= 0.3 is 0 Å². The maximum atomic E-state index is 9.14. The first-order valence-electron chi connectivity index (χ1n) is 6.26. The van der Waals surface area contributed by atoms with Crippen molar-refractivity contribution in [3.05, 3.63) is 34.9 Å². The van der Waals surface area contributed by atoms with Crippen LogP contribution in [0.4, 0.5) is 0 Å². The number of nitrogens with one attached hydrogen (secondary N) is 1. The average Bonchev–Trinajstić information content (AvgIpc) is 2.49. The van der Waals surface area contributed by atoms with E-state index in [0.29, 0.717) is 6.04 Å². The van der Waals surface area contributed by atoms with Gasteiger partial charge in [-0.15, -0.1) is 0 Å². The molecule has 1 aliphatic heterocycles. The molecule has 0 spiro atoms. The highest BCUT2D eigenvalue weighted by atomic mass is 14.9. The number of fused-ring (bicyclic) bond motifs is 1. The zero-order chi connectivity index (χ0) is 12.5. The molecule has 1 heterocycles. The summed E-state index contributed by atoms with van der Waals surface area (Å²) in [6.07, 6.45) is 1.99. The predicted octanol–water partition coefficient (Wildman–Crippen LogP) is 2.66. The first kappa shape index (κ1) is 12.1. The van der Waals surface area contributed by atoms with E-state index in [1.165, 1.54) is 11.1 Å². The molecular formula is C15H20N2. The molecule has 0 aliphatic carbocycles. The van der Waals surface area contributed by atoms with Gasteiger partial charge in [-0.3, -0.25) is 0 Å². The molecular weight excluding hydrogens is 208 g/mol. The molecule has 0 bridgehead atoms. The summed E-state index contributed by atoms with van der Waals surface area (Å²) in [6, 6.07) is 8.89. The number of hydrogen-bond donors (Lipinski definition) is 1. The van der Waals surface area contributed by atoms with E-state index in [1.807, 2.05) is 12.1 Å². The van der Waals surface area contributed by atoms with Crippen LogP contribution in [0.2, 0.25) is 0 Å². The van der Waals surface area contributed by atoms with Gasteiger partial charge in [-0.05, 0) is 42.0 Å². The Bertz CT molecular complexity index is 449. The Balaban J connectivity index is 2.37. The first-order valence-corrected chi connectivity index (χ1v) is 6.26. The molecule has 0 saturated carbocycles. The second kappa shape index (κ2) is 4.50. The standard InChI is InChI=1S/C15H20N2/c1-15(2,3)14-9-11-5-4-6-12(10-16)13(11)7-8-17-14/h4-6,14,17H,7-9H2,1-3H3. The number of nitrogens with zero attached hydrogens (tertiary/aromatic N) is 1. The summed E-state index contributed by atoms with van der Waals surface area (Å²) < 4.78 is 0. The van der Waals surface area contributed by atoms with Crippen LogP contribution in [0.25, 0.3) is 0 Å². The summed E-state index contributed by atoms with van der Waals surface area (Å²) in [7, 11) is 0. The molecule has 1 aromatic rings. The van der Waals surface area contributed by atoms with Crippen molar-refractivity contribution in [3.8, 4) is 6.07 Å². The Morgan fingerprint density at radius 2 is 2.12 bits per heavy atom. The van der Waals surface area contributed by atoms with E-state index < -0.39 is 0 Å². The number of hydrogen-bond acceptors (Lipinski definition) is 2. The quantitative estimate of drug-likeness (QED) is 0.741. The molecule has 1 atom stereocenters. The molecule has 0 radical (unpaired) electrons. The van der Waals surface area contributed by atoms with Gasteiger partial charge in [0, 0.05) is 6.04 Å². The zero-order valence-electron chi connectivity index (χ0n) is 10.9. The Kier molecular flexibility index (Phi) is 3.22. The smallest absolute Gasteiger partial charge is 0.0994 e. The van der Waals surface area contributed by atoms with Crippen molar-refractivity contribution in [2.45, 2.75) is 39.7 Å². The second-order valence-corrected chi connectivity index (χ2v) is 5.88. The molecule has 2 nitrogen and oxygen atoms in total. The van der Waals surface area contributed by atoms with Gasteiger partial charge in [0.1, 0.15) is 0 Å². The molecule has 0 aromatic heterocycles. The van der Waals surface area contributed by atoms with Crippen LogP contribution in [0.3, 0.4) is 0 Å². The fraction of sp³-hybridized carbons (Fsp3) is 0.533. The van der Waals surface area contributed by atoms with Crippen molar-refractivity contribution in [1.82, 2.24) is 5.32 Å². The third-order valence-corrected chi connectivity index (χ3v) is 3.63. The summed E-state index contributed by atoms with van der Waals surface area (Å²) in [5.41, 5.74) is 3.69. The minimum Gasteiger partial charge on any atom is -0.313 e. The lowest BCUT2D eigenvalue weighted by Crippen LogP contribution is -2.41. The van der Waals surface area contributed by atoms with Crippen LogP contribution < -0.4 is 5.32 Å². The summed E-state index contributed by atoms with van der Waals surface area (Å²) in [6.45, 7) is 7.77. The maximum Gasteiger partial charge on any atom is 0.0994 e. The minimum atomic E-state index is 0.254. The van der Waals surface area contributed by atoms with Crippen molar-refractivity contribution in [3.63, 3.8) is 0 Å². The normalized spacial score (nSPS) is 20.2. The first-order chi connectivity index (χ1) is 8.02. The lowest BCUT2D eigenvalue weighted by atomic mass is 9.82. The number of rotatable bonds is 0. The average molecular weight is 228 g/mol. The highest BCUT2D eigenvalue weighted by molar-refractivity contribution is 5.44. The van der Waals surface area contributed by atoms with Crippen molar-refractivity contribution in [1.29, 1.82) is 5.26 Å². The molecule has 1 aromatic carbocycles. The minimum absolute atomic E-state index is 0.254. The van der Waals surface area contributed by atoms with Crippen LogP contribution in [0, 0.1) is 16.7 Å². The van der Waals surface area contributed by atoms with Crippen molar-refractivity contribution in [2.24, 2.45) is 5.41 Å². The molecule has 17 heavy (non-hydrogen) atoms. The molecule has 1 unspecified atom stereocenters. The van der Waals surface area contributed by atoms with Gasteiger partial charge in [0.05, 0.1) is 11.6 Å². The molecule has 1 aliphatic rings. The Morgan fingerprint density at radius 3 is 2.76 bits per heavy atom. The van der Waals surface area contributed by atoms with Crippen LogP contribution in [0.5, 0.6) is 0 Å². The van der Waals surface area contributed by atoms with Gasteiger partial charge in [-0.2, -0.15) is 5.26 Å². The molecule has 1 N–H and O–H groups in total. The highest BCUT2D eigenvalue weighted by Gasteiger charge is 2.27. The molecule has 0 amide bonds. The summed E-state index contributed by atoms with van der Waals surface area (Å²) >= 11 is 0. The Labute approximate surface area is 104 Å². The van der Waals surface area contributed by atoms with E-state index in [-0.39, 0.29) is 5.41 Å². The van der Waals surface area contributed by atoms with E-state index in [4.69, 9.17) is 5.26 Å². The number of nitriles is 1. The van der Waals surface area contributed by atoms with Gasteiger partial charge in [-0.25, -0.2) is 0 Å². The molecule has 2 rings (SSSR count). The monoisotopic (exact) mass is 228 g/mol. The molecule has 0 fully saturated rings. The molecule has 2 heteroatoms. The van der Waals surface area contributed by atoms with Gasteiger partial charge in [0.2, 0.25) is 0 Å². The second-order valence-electron chi connectivity index (χ2n) is 5.88. The largest absolute Gasteiger partial charge is 0.313 e. The lowest BCUT2D eigenvalue weighted by Gasteiger charge is -2.30. The molecule has 0 saturated heterocycles. The van der Waals surface area contributed by atoms with E-state index in [1.54, 1.807) is 0 Å². The van der Waals surface area contributed by atoms with Crippen LogP contribution in [0.15, 0.2) is 18.2 Å². The molecule has 90 valence electrons. The van der Waals surface area contributed by atoms with Crippen molar-refractivity contribution in [2.75, 3.05) is 6.54 Å². The topological polar surface area (TPSA) is 35.8 Å². The van der Waals surface area contributed by atoms with E-state index in [2.05, 4.69) is 38.2 Å².